The second-order valence-corrected chi connectivity index (χ2v) is 5.22. The third-order valence-corrected chi connectivity index (χ3v) is 3.76. The molecular weight excluding hydrogens is 267 g/mol. The molecule has 0 saturated carbocycles. The minimum atomic E-state index is -0.225. The van der Waals surface area contributed by atoms with Gasteiger partial charge in [-0.15, -0.1) is 0 Å². The van der Waals surface area contributed by atoms with E-state index in [1.54, 1.807) is 19.2 Å². The zero-order chi connectivity index (χ0) is 15.4. The van der Waals surface area contributed by atoms with Crippen LogP contribution in [0.4, 0.5) is 4.39 Å². The highest BCUT2D eigenvalue weighted by Crippen LogP contribution is 2.25. The lowest BCUT2D eigenvalue weighted by atomic mass is 9.95. The van der Waals surface area contributed by atoms with Crippen LogP contribution >= 0.6 is 0 Å². The summed E-state index contributed by atoms with van der Waals surface area (Å²) in [6, 6.07) is 10.7. The van der Waals surface area contributed by atoms with Crippen molar-refractivity contribution in [2.24, 2.45) is 5.84 Å². The Labute approximate surface area is 124 Å². The number of hydrogen-bond donors (Lipinski definition) is 2. The second kappa shape index (κ2) is 6.70. The van der Waals surface area contributed by atoms with Crippen LogP contribution in [0.25, 0.3) is 0 Å². The van der Waals surface area contributed by atoms with Gasteiger partial charge in [-0.3, -0.25) is 11.3 Å². The van der Waals surface area contributed by atoms with Gasteiger partial charge in [0.2, 0.25) is 0 Å². The maximum Gasteiger partial charge on any atom is 0.123 e. The lowest BCUT2D eigenvalue weighted by molar-refractivity contribution is 0.411. The summed E-state index contributed by atoms with van der Waals surface area (Å²) in [4.78, 5) is 0. The quantitative estimate of drug-likeness (QED) is 0.656. The van der Waals surface area contributed by atoms with E-state index in [1.807, 2.05) is 32.0 Å². The number of rotatable bonds is 5. The maximum atomic E-state index is 13.4. The lowest BCUT2D eigenvalue weighted by Gasteiger charge is -2.19. The van der Waals surface area contributed by atoms with Crippen LogP contribution in [0.2, 0.25) is 0 Å². The fourth-order valence-electron chi connectivity index (χ4n) is 2.47. The number of benzene rings is 2. The summed E-state index contributed by atoms with van der Waals surface area (Å²) in [6.07, 6.45) is 0.631. The van der Waals surface area contributed by atoms with E-state index >= 15 is 0 Å². The number of aryl methyl sites for hydroxylation is 2. The first-order valence-electron chi connectivity index (χ1n) is 6.91. The molecule has 0 radical (unpaired) electrons. The number of nitrogens with one attached hydrogen (secondary N) is 1. The van der Waals surface area contributed by atoms with Crippen LogP contribution in [0.1, 0.15) is 28.3 Å². The van der Waals surface area contributed by atoms with E-state index in [-0.39, 0.29) is 11.9 Å². The van der Waals surface area contributed by atoms with Gasteiger partial charge in [0.25, 0.3) is 0 Å². The Balaban J connectivity index is 2.27. The molecule has 0 fully saturated rings. The van der Waals surface area contributed by atoms with Crippen LogP contribution in [0.15, 0.2) is 36.4 Å². The molecule has 21 heavy (non-hydrogen) atoms. The maximum absolute atomic E-state index is 13.4. The normalized spacial score (nSPS) is 12.2. The predicted molar refractivity (Wildman–Crippen MR) is 82.6 cm³/mol. The van der Waals surface area contributed by atoms with E-state index in [0.29, 0.717) is 6.42 Å². The third-order valence-electron chi connectivity index (χ3n) is 3.76. The molecule has 0 spiro atoms. The average Bonchev–Trinajstić information content (AvgIpc) is 2.48. The molecule has 0 aromatic heterocycles. The minimum Gasteiger partial charge on any atom is -0.496 e. The highest BCUT2D eigenvalue weighted by molar-refractivity contribution is 5.38. The molecule has 2 aromatic carbocycles. The Morgan fingerprint density at radius 3 is 2.52 bits per heavy atom. The van der Waals surface area contributed by atoms with Crippen molar-refractivity contribution in [2.45, 2.75) is 26.3 Å². The van der Waals surface area contributed by atoms with Crippen molar-refractivity contribution in [1.82, 2.24) is 5.43 Å². The van der Waals surface area contributed by atoms with Crippen molar-refractivity contribution in [3.05, 3.63) is 64.5 Å². The third kappa shape index (κ3) is 3.60. The molecule has 3 nitrogen and oxygen atoms in total. The van der Waals surface area contributed by atoms with Crippen LogP contribution in [0, 0.1) is 19.7 Å². The number of methoxy groups -OCH3 is 1. The molecule has 4 heteroatoms. The Bertz CT molecular complexity index is 628. The topological polar surface area (TPSA) is 47.3 Å². The fraction of sp³-hybridized carbons (Fsp3) is 0.294. The van der Waals surface area contributed by atoms with Gasteiger partial charge in [0.05, 0.1) is 13.2 Å². The van der Waals surface area contributed by atoms with Gasteiger partial charge in [0.15, 0.2) is 0 Å². The monoisotopic (exact) mass is 288 g/mol. The van der Waals surface area contributed by atoms with Gasteiger partial charge in [-0.2, -0.15) is 0 Å². The molecule has 0 aliphatic carbocycles. The molecule has 1 atom stereocenters. The van der Waals surface area contributed by atoms with Gasteiger partial charge >= 0.3 is 0 Å². The smallest absolute Gasteiger partial charge is 0.123 e. The second-order valence-electron chi connectivity index (χ2n) is 5.22. The molecule has 0 amide bonds. The first-order valence-corrected chi connectivity index (χ1v) is 6.91. The van der Waals surface area contributed by atoms with Crippen molar-refractivity contribution in [1.29, 1.82) is 0 Å². The summed E-state index contributed by atoms with van der Waals surface area (Å²) >= 11 is 0. The lowest BCUT2D eigenvalue weighted by Crippen LogP contribution is -2.29. The van der Waals surface area contributed by atoms with Gasteiger partial charge in [-0.25, -0.2) is 4.39 Å². The molecule has 1 unspecified atom stereocenters. The predicted octanol–water partition coefficient (Wildman–Crippen LogP) is 3.20. The first-order chi connectivity index (χ1) is 10.0. The van der Waals surface area contributed by atoms with E-state index in [4.69, 9.17) is 10.6 Å². The summed E-state index contributed by atoms with van der Waals surface area (Å²) in [5, 5.41) is 0. The van der Waals surface area contributed by atoms with E-state index in [2.05, 4.69) is 5.43 Å². The molecule has 112 valence electrons. The van der Waals surface area contributed by atoms with Crippen LogP contribution in [0.3, 0.4) is 0 Å². The van der Waals surface area contributed by atoms with Gasteiger partial charge in [-0.05, 0) is 60.7 Å². The van der Waals surface area contributed by atoms with Gasteiger partial charge in [0.1, 0.15) is 11.6 Å². The summed E-state index contributed by atoms with van der Waals surface area (Å²) in [7, 11) is 1.65. The molecule has 0 aliphatic rings. The molecule has 3 N–H and O–H groups in total. The van der Waals surface area contributed by atoms with Crippen molar-refractivity contribution in [2.75, 3.05) is 7.11 Å². The summed E-state index contributed by atoms with van der Waals surface area (Å²) in [5.74, 6) is 6.31. The zero-order valence-electron chi connectivity index (χ0n) is 12.6. The first kappa shape index (κ1) is 15.5. The highest BCUT2D eigenvalue weighted by Gasteiger charge is 2.14. The SMILES string of the molecule is COc1ccc(C(Cc2cc(F)ccc2C)NN)cc1C. The summed E-state index contributed by atoms with van der Waals surface area (Å²) < 4.78 is 18.7. The van der Waals surface area contributed by atoms with Crippen molar-refractivity contribution >= 4 is 0 Å². The molecule has 0 heterocycles. The van der Waals surface area contributed by atoms with Crippen LogP contribution in [-0.2, 0) is 6.42 Å². The average molecular weight is 288 g/mol. The Morgan fingerprint density at radius 2 is 1.90 bits per heavy atom. The molecule has 0 saturated heterocycles. The number of halogens is 1. The number of hydrazine groups is 1. The zero-order valence-corrected chi connectivity index (χ0v) is 12.6. The molecule has 0 aliphatic heterocycles. The molecule has 0 bridgehead atoms. The van der Waals surface area contributed by atoms with E-state index in [1.165, 1.54) is 6.07 Å². The van der Waals surface area contributed by atoms with E-state index in [9.17, 15) is 4.39 Å². The highest BCUT2D eigenvalue weighted by atomic mass is 19.1. The Hall–Kier alpha value is -1.91. The fourth-order valence-corrected chi connectivity index (χ4v) is 2.47. The van der Waals surface area contributed by atoms with Crippen molar-refractivity contribution in [3.8, 4) is 5.75 Å². The van der Waals surface area contributed by atoms with E-state index < -0.39 is 0 Å². The van der Waals surface area contributed by atoms with Crippen LogP contribution in [0.5, 0.6) is 5.75 Å². The van der Waals surface area contributed by atoms with Crippen LogP contribution < -0.4 is 16.0 Å². The largest absolute Gasteiger partial charge is 0.496 e. The van der Waals surface area contributed by atoms with Gasteiger partial charge < -0.3 is 4.74 Å². The molecular formula is C17H21FN2O. The summed E-state index contributed by atoms with van der Waals surface area (Å²) in [5.41, 5.74) is 6.93. The molecule has 2 rings (SSSR count). The van der Waals surface area contributed by atoms with Crippen LogP contribution in [-0.4, -0.2) is 7.11 Å². The van der Waals surface area contributed by atoms with Crippen molar-refractivity contribution in [3.63, 3.8) is 0 Å². The van der Waals surface area contributed by atoms with E-state index in [0.717, 1.165) is 28.0 Å². The number of hydrogen-bond acceptors (Lipinski definition) is 3. The van der Waals surface area contributed by atoms with Gasteiger partial charge in [0, 0.05) is 0 Å². The number of nitrogens with two attached hydrogens (primary N) is 1. The number of ether oxygens (including phenoxy) is 1. The minimum absolute atomic E-state index is 0.0740. The summed E-state index contributed by atoms with van der Waals surface area (Å²) in [6.45, 7) is 3.96. The Kier molecular flexibility index (Phi) is 4.94. The standard InChI is InChI=1S/C17H21FN2O/c1-11-4-6-15(18)9-14(11)10-16(20-19)13-5-7-17(21-3)12(2)8-13/h4-9,16,20H,10,19H2,1-3H3. The Morgan fingerprint density at radius 1 is 1.14 bits per heavy atom. The van der Waals surface area contributed by atoms with Crippen molar-refractivity contribution < 1.29 is 9.13 Å². The van der Waals surface area contributed by atoms with Gasteiger partial charge in [-0.1, -0.05) is 18.2 Å². The molecule has 2 aromatic rings.